The molecule has 3 heterocycles. The number of imidazole rings is 1. The number of amides is 1. The lowest BCUT2D eigenvalue weighted by Gasteiger charge is -2.33. The second kappa shape index (κ2) is 6.52. The second-order valence-electron chi connectivity index (χ2n) is 7.96. The molecule has 2 saturated carbocycles. The Balaban J connectivity index is 1.45. The maximum absolute atomic E-state index is 13.2. The van der Waals surface area contributed by atoms with Crippen molar-refractivity contribution in [3.05, 3.63) is 23.8 Å². The molecule has 2 aromatic rings. The fourth-order valence-electron chi connectivity index (χ4n) is 4.47. The fourth-order valence-corrected chi connectivity index (χ4v) is 4.47. The van der Waals surface area contributed by atoms with Crippen LogP contribution in [-0.2, 0) is 21.6 Å². The highest BCUT2D eigenvalue weighted by Crippen LogP contribution is 2.57. The second-order valence-corrected chi connectivity index (χ2v) is 7.96. The van der Waals surface area contributed by atoms with Crippen LogP contribution in [0.15, 0.2) is 12.4 Å². The third-order valence-corrected chi connectivity index (χ3v) is 6.03. The Morgan fingerprint density at radius 1 is 1.36 bits per heavy atom. The van der Waals surface area contributed by atoms with Crippen LogP contribution in [0, 0.1) is 0 Å². The van der Waals surface area contributed by atoms with Gasteiger partial charge in [-0.25, -0.2) is 9.97 Å². The third kappa shape index (κ3) is 2.77. The summed E-state index contributed by atoms with van der Waals surface area (Å²) in [6.07, 6.45) is 8.01. The molecule has 2 atom stereocenters. The van der Waals surface area contributed by atoms with Crippen molar-refractivity contribution in [1.29, 1.82) is 0 Å². The van der Waals surface area contributed by atoms with Crippen LogP contribution in [0.1, 0.15) is 49.9 Å². The molecule has 0 radical (unpaired) electrons. The summed E-state index contributed by atoms with van der Waals surface area (Å²) in [5.41, 5.74) is 0.489. The monoisotopic (exact) mass is 384 g/mol. The van der Waals surface area contributed by atoms with E-state index in [-0.39, 0.29) is 18.1 Å². The van der Waals surface area contributed by atoms with E-state index in [4.69, 9.17) is 9.72 Å². The Morgan fingerprint density at radius 2 is 2.21 bits per heavy atom. The molecule has 1 amide bonds. The van der Waals surface area contributed by atoms with Crippen LogP contribution >= 0.6 is 0 Å². The standard InChI is InChI=1S/C19H24N6O3/c1-28-10-15-20-9-14(22-15)23-18-21-8-13-16(24-18)25(17(27)19(13)5-6-19)11-3-2-4-12(26)7-11/h8-9,11-12,26H,2-7,10H2,1H3,(H,20,22)(H,21,23,24)/t11-,12-/m1/s1. The number of methoxy groups -OCH3 is 1. The number of hydrogen-bond acceptors (Lipinski definition) is 7. The summed E-state index contributed by atoms with van der Waals surface area (Å²) in [5.74, 6) is 2.60. The molecule has 0 saturated heterocycles. The van der Waals surface area contributed by atoms with Gasteiger partial charge >= 0.3 is 0 Å². The van der Waals surface area contributed by atoms with Crippen molar-refractivity contribution in [3.63, 3.8) is 0 Å². The van der Waals surface area contributed by atoms with Gasteiger partial charge in [-0.1, -0.05) is 0 Å². The lowest BCUT2D eigenvalue weighted by molar-refractivity contribution is -0.121. The molecule has 9 nitrogen and oxygen atoms in total. The molecule has 2 aliphatic carbocycles. The molecule has 9 heteroatoms. The van der Waals surface area contributed by atoms with Crippen LogP contribution < -0.4 is 10.2 Å². The van der Waals surface area contributed by atoms with E-state index in [0.29, 0.717) is 36.4 Å². The van der Waals surface area contributed by atoms with E-state index in [2.05, 4.69) is 20.3 Å². The molecule has 0 bridgehead atoms. The minimum absolute atomic E-state index is 0.00168. The molecule has 2 aromatic heterocycles. The topological polar surface area (TPSA) is 116 Å². The summed E-state index contributed by atoms with van der Waals surface area (Å²) >= 11 is 0. The Hall–Kier alpha value is -2.52. The van der Waals surface area contributed by atoms with E-state index < -0.39 is 5.41 Å². The van der Waals surface area contributed by atoms with Gasteiger partial charge in [0.15, 0.2) is 0 Å². The van der Waals surface area contributed by atoms with E-state index in [0.717, 1.165) is 37.7 Å². The minimum atomic E-state index is -0.435. The van der Waals surface area contributed by atoms with E-state index >= 15 is 0 Å². The first-order valence-corrected chi connectivity index (χ1v) is 9.80. The Morgan fingerprint density at radius 3 is 2.96 bits per heavy atom. The summed E-state index contributed by atoms with van der Waals surface area (Å²) in [5, 5.41) is 13.2. The average molecular weight is 384 g/mol. The van der Waals surface area contributed by atoms with E-state index in [1.54, 1.807) is 19.5 Å². The molecule has 3 N–H and O–H groups in total. The first-order chi connectivity index (χ1) is 13.6. The van der Waals surface area contributed by atoms with Crippen molar-refractivity contribution in [2.24, 2.45) is 0 Å². The molecule has 1 spiro atoms. The van der Waals surface area contributed by atoms with Crippen LogP contribution in [0.3, 0.4) is 0 Å². The number of nitrogens with one attached hydrogen (secondary N) is 2. The average Bonchev–Trinajstić information content (AvgIpc) is 3.31. The normalized spacial score (nSPS) is 25.2. The molecule has 2 fully saturated rings. The summed E-state index contributed by atoms with van der Waals surface area (Å²) in [7, 11) is 1.61. The minimum Gasteiger partial charge on any atom is -0.393 e. The molecular weight excluding hydrogens is 360 g/mol. The number of rotatable bonds is 5. The van der Waals surface area contributed by atoms with Crippen molar-refractivity contribution in [2.45, 2.75) is 62.7 Å². The van der Waals surface area contributed by atoms with Gasteiger partial charge in [-0.05, 0) is 38.5 Å². The van der Waals surface area contributed by atoms with Crippen LogP contribution in [0.2, 0.25) is 0 Å². The highest BCUT2D eigenvalue weighted by Gasteiger charge is 2.61. The number of aromatic amines is 1. The van der Waals surface area contributed by atoms with Gasteiger partial charge in [0.2, 0.25) is 11.9 Å². The lowest BCUT2D eigenvalue weighted by atomic mass is 9.92. The highest BCUT2D eigenvalue weighted by atomic mass is 16.5. The van der Waals surface area contributed by atoms with Crippen molar-refractivity contribution < 1.29 is 14.6 Å². The van der Waals surface area contributed by atoms with E-state index in [9.17, 15) is 9.90 Å². The molecule has 1 aliphatic heterocycles. The molecule has 28 heavy (non-hydrogen) atoms. The zero-order valence-electron chi connectivity index (χ0n) is 15.8. The number of aliphatic hydroxyl groups is 1. The Kier molecular flexibility index (Phi) is 4.09. The number of H-pyrrole nitrogens is 1. The highest BCUT2D eigenvalue weighted by molar-refractivity contribution is 6.09. The fraction of sp³-hybridized carbons (Fsp3) is 0.579. The summed E-state index contributed by atoms with van der Waals surface area (Å²) in [4.78, 5) is 31.5. The van der Waals surface area contributed by atoms with Crippen molar-refractivity contribution in [3.8, 4) is 0 Å². The van der Waals surface area contributed by atoms with Gasteiger partial charge in [-0.3, -0.25) is 9.69 Å². The number of hydrogen-bond donors (Lipinski definition) is 3. The number of anilines is 3. The first kappa shape index (κ1) is 17.6. The zero-order chi connectivity index (χ0) is 19.3. The molecule has 5 rings (SSSR count). The third-order valence-electron chi connectivity index (χ3n) is 6.03. The number of carbonyl (C=O) groups is 1. The molecular formula is C19H24N6O3. The van der Waals surface area contributed by atoms with Gasteiger partial charge in [-0.2, -0.15) is 4.98 Å². The Bertz CT molecular complexity index is 909. The van der Waals surface area contributed by atoms with Gasteiger partial charge < -0.3 is 20.1 Å². The van der Waals surface area contributed by atoms with Gasteiger partial charge in [0.25, 0.3) is 0 Å². The number of fused-ring (bicyclic) bond motifs is 2. The predicted molar refractivity (Wildman–Crippen MR) is 101 cm³/mol. The number of ether oxygens (including phenoxy) is 1. The van der Waals surface area contributed by atoms with E-state index in [1.165, 1.54) is 0 Å². The van der Waals surface area contributed by atoms with Crippen LogP contribution in [0.5, 0.6) is 0 Å². The van der Waals surface area contributed by atoms with Crippen LogP contribution in [0.4, 0.5) is 17.6 Å². The number of nitrogens with zero attached hydrogens (tertiary/aromatic N) is 4. The van der Waals surface area contributed by atoms with Gasteiger partial charge in [0.05, 0.1) is 17.7 Å². The number of carbonyl (C=O) groups excluding carboxylic acids is 1. The maximum Gasteiger partial charge on any atom is 0.239 e. The summed E-state index contributed by atoms with van der Waals surface area (Å²) < 4.78 is 5.07. The van der Waals surface area contributed by atoms with Gasteiger partial charge in [0.1, 0.15) is 24.1 Å². The van der Waals surface area contributed by atoms with Gasteiger partial charge in [-0.15, -0.1) is 0 Å². The van der Waals surface area contributed by atoms with Crippen molar-refractivity contribution >= 4 is 23.5 Å². The van der Waals surface area contributed by atoms with E-state index in [1.807, 2.05) is 4.90 Å². The summed E-state index contributed by atoms with van der Waals surface area (Å²) in [6, 6.07) is -0.00168. The zero-order valence-corrected chi connectivity index (χ0v) is 15.8. The predicted octanol–water partition coefficient (Wildman–Crippen LogP) is 1.77. The van der Waals surface area contributed by atoms with Crippen molar-refractivity contribution in [1.82, 2.24) is 19.9 Å². The number of aromatic nitrogens is 4. The summed E-state index contributed by atoms with van der Waals surface area (Å²) in [6.45, 7) is 0.390. The first-order valence-electron chi connectivity index (χ1n) is 9.80. The van der Waals surface area contributed by atoms with Crippen LogP contribution in [-0.4, -0.2) is 50.2 Å². The SMILES string of the molecule is COCc1ncc(Nc2ncc3c(n2)N([C@@H]2CCC[C@@H](O)C2)C(=O)C32CC2)[nH]1. The molecule has 148 valence electrons. The van der Waals surface area contributed by atoms with Crippen molar-refractivity contribution in [2.75, 3.05) is 17.3 Å². The largest absolute Gasteiger partial charge is 0.393 e. The molecule has 3 aliphatic rings. The Labute approximate surface area is 162 Å². The molecule has 0 aromatic carbocycles. The quantitative estimate of drug-likeness (QED) is 0.719. The van der Waals surface area contributed by atoms with Gasteiger partial charge in [0, 0.05) is 24.9 Å². The van der Waals surface area contributed by atoms with Crippen LogP contribution in [0.25, 0.3) is 0 Å². The molecule has 0 unspecified atom stereocenters. The smallest absolute Gasteiger partial charge is 0.239 e. The lowest BCUT2D eigenvalue weighted by Crippen LogP contribution is -2.44. The number of aliphatic hydroxyl groups excluding tert-OH is 1. The maximum atomic E-state index is 13.2.